The van der Waals surface area contributed by atoms with Crippen molar-refractivity contribution in [2.75, 3.05) is 32.5 Å². The number of fused-ring (bicyclic) bond motifs is 1. The number of rotatable bonds is 8. The number of nitrogens with one attached hydrogen (secondary N) is 3. The van der Waals surface area contributed by atoms with Crippen LogP contribution < -0.4 is 10.6 Å². The van der Waals surface area contributed by atoms with Crippen LogP contribution in [0, 0.1) is 5.92 Å². The Kier molecular flexibility index (Phi) is 6.99. The number of amides is 1. The van der Waals surface area contributed by atoms with E-state index in [1.807, 2.05) is 19.2 Å². The van der Waals surface area contributed by atoms with Crippen molar-refractivity contribution in [3.05, 3.63) is 48.2 Å². The van der Waals surface area contributed by atoms with Gasteiger partial charge in [-0.3, -0.25) is 14.8 Å². The second kappa shape index (κ2) is 10.1. The van der Waals surface area contributed by atoms with Crippen LogP contribution in [-0.2, 0) is 11.3 Å². The van der Waals surface area contributed by atoms with E-state index in [4.69, 9.17) is 0 Å². The van der Waals surface area contributed by atoms with Gasteiger partial charge in [0.15, 0.2) is 0 Å². The summed E-state index contributed by atoms with van der Waals surface area (Å²) < 4.78 is 0. The molecule has 3 N–H and O–H groups in total. The van der Waals surface area contributed by atoms with Crippen LogP contribution in [0.4, 0.5) is 5.69 Å². The van der Waals surface area contributed by atoms with Gasteiger partial charge < -0.3 is 10.6 Å². The number of nitrogens with zero attached hydrogens (tertiary/aromatic N) is 2. The third kappa shape index (κ3) is 5.32. The van der Waals surface area contributed by atoms with E-state index in [-0.39, 0.29) is 11.8 Å². The Bertz CT molecular complexity index is 1000. The van der Waals surface area contributed by atoms with Crippen molar-refractivity contribution in [1.29, 1.82) is 0 Å². The van der Waals surface area contributed by atoms with Gasteiger partial charge in [0.25, 0.3) is 0 Å². The summed E-state index contributed by atoms with van der Waals surface area (Å²) in [5, 5.41) is 15.1. The fourth-order valence-corrected chi connectivity index (χ4v) is 4.37. The van der Waals surface area contributed by atoms with Crippen molar-refractivity contribution < 1.29 is 4.79 Å². The Morgan fingerprint density at radius 2 is 1.84 bits per heavy atom. The molecule has 0 bridgehead atoms. The molecule has 1 aromatic heterocycles. The van der Waals surface area contributed by atoms with Gasteiger partial charge >= 0.3 is 0 Å². The summed E-state index contributed by atoms with van der Waals surface area (Å²) in [4.78, 5) is 14.8. The molecule has 4 rings (SSSR count). The Labute approximate surface area is 184 Å². The van der Waals surface area contributed by atoms with Gasteiger partial charge in [-0.2, -0.15) is 5.10 Å². The molecule has 1 amide bonds. The standard InChI is InChI=1S/C25H33N5O/c1-26-14-15-30(2)17-24-22-16-20(10-13-23(22)28-29-24)18-8-11-21(12-9-18)27-25(31)19-6-4-3-5-7-19/h8-13,16,19,26H,3-7,14-15,17H2,1-2H3,(H,27,31)(H,28,29). The number of likely N-dealkylation sites (N-methyl/N-ethyl adjacent to an activating group) is 2. The SMILES string of the molecule is CNCCN(C)Cc1[nH]nc2ccc(-c3ccc(NC(=O)C4CCCCC4)cc3)cc12. The van der Waals surface area contributed by atoms with Gasteiger partial charge in [-0.25, -0.2) is 0 Å². The molecule has 1 aliphatic rings. The van der Waals surface area contributed by atoms with Crippen molar-refractivity contribution >= 4 is 22.5 Å². The molecule has 164 valence electrons. The van der Waals surface area contributed by atoms with Crippen molar-refractivity contribution in [2.24, 2.45) is 5.92 Å². The molecule has 6 nitrogen and oxygen atoms in total. The Morgan fingerprint density at radius 1 is 1.10 bits per heavy atom. The fourth-order valence-electron chi connectivity index (χ4n) is 4.37. The van der Waals surface area contributed by atoms with Gasteiger partial charge in [-0.05, 0) is 62.3 Å². The average Bonchev–Trinajstić information content (AvgIpc) is 3.20. The van der Waals surface area contributed by atoms with Crippen LogP contribution in [0.2, 0.25) is 0 Å². The number of carbonyl (C=O) groups excluding carboxylic acids is 1. The van der Waals surface area contributed by atoms with E-state index in [1.54, 1.807) is 0 Å². The molecule has 0 radical (unpaired) electrons. The third-order valence-corrected chi connectivity index (χ3v) is 6.27. The predicted octanol–water partition coefficient (Wildman–Crippen LogP) is 4.40. The molecule has 3 aromatic rings. The second-order valence-electron chi connectivity index (χ2n) is 8.68. The maximum absolute atomic E-state index is 12.5. The Balaban J connectivity index is 1.46. The summed E-state index contributed by atoms with van der Waals surface area (Å²) in [6.07, 6.45) is 5.62. The number of hydrogen-bond acceptors (Lipinski definition) is 4. The van der Waals surface area contributed by atoms with Crippen LogP contribution >= 0.6 is 0 Å². The topological polar surface area (TPSA) is 73.1 Å². The maximum atomic E-state index is 12.5. The lowest BCUT2D eigenvalue weighted by Gasteiger charge is -2.20. The average molecular weight is 420 g/mol. The van der Waals surface area contributed by atoms with Crippen LogP contribution in [0.1, 0.15) is 37.8 Å². The van der Waals surface area contributed by atoms with Crippen molar-refractivity contribution in [3.63, 3.8) is 0 Å². The maximum Gasteiger partial charge on any atom is 0.227 e. The first-order valence-corrected chi connectivity index (χ1v) is 11.4. The van der Waals surface area contributed by atoms with E-state index in [0.29, 0.717) is 0 Å². The minimum absolute atomic E-state index is 0.166. The van der Waals surface area contributed by atoms with Crippen molar-refractivity contribution in [2.45, 2.75) is 38.6 Å². The number of H-pyrrole nitrogens is 1. The lowest BCUT2D eigenvalue weighted by Crippen LogP contribution is -2.27. The second-order valence-corrected chi connectivity index (χ2v) is 8.68. The molecule has 1 aliphatic carbocycles. The summed E-state index contributed by atoms with van der Waals surface area (Å²) >= 11 is 0. The third-order valence-electron chi connectivity index (χ3n) is 6.27. The molecule has 1 saturated carbocycles. The van der Waals surface area contributed by atoms with E-state index >= 15 is 0 Å². The molecule has 0 saturated heterocycles. The van der Waals surface area contributed by atoms with Crippen molar-refractivity contribution in [3.8, 4) is 11.1 Å². The smallest absolute Gasteiger partial charge is 0.227 e. The summed E-state index contributed by atoms with van der Waals surface area (Å²) in [6, 6.07) is 14.5. The molecule has 0 aliphatic heterocycles. The molecule has 0 atom stereocenters. The van der Waals surface area contributed by atoms with Crippen LogP contribution in [-0.4, -0.2) is 48.2 Å². The predicted molar refractivity (Wildman–Crippen MR) is 127 cm³/mol. The first-order valence-electron chi connectivity index (χ1n) is 11.4. The number of aromatic amines is 1. The van der Waals surface area contributed by atoms with Crippen LogP contribution in [0.5, 0.6) is 0 Å². The highest BCUT2D eigenvalue weighted by Crippen LogP contribution is 2.28. The van der Waals surface area contributed by atoms with Gasteiger partial charge in [0.05, 0.1) is 11.2 Å². The van der Waals surface area contributed by atoms with E-state index in [9.17, 15) is 4.79 Å². The zero-order valence-electron chi connectivity index (χ0n) is 18.6. The molecule has 2 aromatic carbocycles. The quantitative estimate of drug-likeness (QED) is 0.506. The fraction of sp³-hybridized carbons (Fsp3) is 0.440. The highest BCUT2D eigenvalue weighted by atomic mass is 16.1. The molecular weight excluding hydrogens is 386 g/mol. The molecular formula is C25H33N5O. The van der Waals surface area contributed by atoms with Crippen LogP contribution in [0.15, 0.2) is 42.5 Å². The molecule has 0 spiro atoms. The minimum atomic E-state index is 0.166. The summed E-state index contributed by atoms with van der Waals surface area (Å²) in [6.45, 7) is 2.76. The highest BCUT2D eigenvalue weighted by Gasteiger charge is 2.21. The van der Waals surface area contributed by atoms with Gasteiger partial charge in [0.2, 0.25) is 5.91 Å². The highest BCUT2D eigenvalue weighted by molar-refractivity contribution is 5.93. The molecule has 0 unspecified atom stereocenters. The lowest BCUT2D eigenvalue weighted by atomic mass is 9.88. The van der Waals surface area contributed by atoms with E-state index in [2.05, 4.69) is 63.1 Å². The lowest BCUT2D eigenvalue weighted by molar-refractivity contribution is -0.120. The molecule has 1 heterocycles. The summed E-state index contributed by atoms with van der Waals surface area (Å²) in [5.41, 5.74) is 5.27. The Hall–Kier alpha value is -2.70. The van der Waals surface area contributed by atoms with E-state index < -0.39 is 0 Å². The first kappa shape index (κ1) is 21.5. The van der Waals surface area contributed by atoms with Gasteiger partial charge in [-0.15, -0.1) is 0 Å². The zero-order chi connectivity index (χ0) is 21.6. The number of carbonyl (C=O) groups is 1. The minimum Gasteiger partial charge on any atom is -0.326 e. The number of benzene rings is 2. The van der Waals surface area contributed by atoms with E-state index in [1.165, 1.54) is 19.3 Å². The number of hydrogen-bond donors (Lipinski definition) is 3. The monoisotopic (exact) mass is 419 g/mol. The summed E-state index contributed by atoms with van der Waals surface area (Å²) in [5.74, 6) is 0.334. The van der Waals surface area contributed by atoms with Crippen molar-refractivity contribution in [1.82, 2.24) is 20.4 Å². The molecule has 6 heteroatoms. The van der Waals surface area contributed by atoms with Crippen LogP contribution in [0.25, 0.3) is 22.0 Å². The van der Waals surface area contributed by atoms with Gasteiger partial charge in [0.1, 0.15) is 0 Å². The normalized spacial score (nSPS) is 14.9. The Morgan fingerprint density at radius 3 is 2.58 bits per heavy atom. The molecule has 31 heavy (non-hydrogen) atoms. The van der Waals surface area contributed by atoms with Gasteiger partial charge in [0, 0.05) is 36.6 Å². The number of aromatic nitrogens is 2. The van der Waals surface area contributed by atoms with Crippen LogP contribution in [0.3, 0.4) is 0 Å². The van der Waals surface area contributed by atoms with Gasteiger partial charge in [-0.1, -0.05) is 37.5 Å². The largest absolute Gasteiger partial charge is 0.326 e. The molecule has 1 fully saturated rings. The zero-order valence-corrected chi connectivity index (χ0v) is 18.6. The number of anilines is 1. The summed E-state index contributed by atoms with van der Waals surface area (Å²) in [7, 11) is 4.09. The first-order chi connectivity index (χ1) is 15.1. The van der Waals surface area contributed by atoms with E-state index in [0.717, 1.165) is 65.9 Å².